The Bertz CT molecular complexity index is 1680. The van der Waals surface area contributed by atoms with E-state index in [0.717, 1.165) is 49.9 Å². The van der Waals surface area contributed by atoms with Crippen LogP contribution in [0.2, 0.25) is 0 Å². The van der Waals surface area contributed by atoms with Gasteiger partial charge < -0.3 is 15.0 Å². The molecule has 0 atom stereocenters. The summed E-state index contributed by atoms with van der Waals surface area (Å²) >= 11 is 0. The van der Waals surface area contributed by atoms with E-state index >= 15 is 0 Å². The molecule has 1 spiro atoms. The van der Waals surface area contributed by atoms with Crippen molar-refractivity contribution < 1.29 is 36.6 Å². The smallest absolute Gasteiger partial charge is 0.416 e. The van der Waals surface area contributed by atoms with Crippen molar-refractivity contribution in [2.75, 3.05) is 0 Å². The zero-order valence-electron chi connectivity index (χ0n) is 22.3. The molecule has 2 aliphatic rings. The van der Waals surface area contributed by atoms with Crippen molar-refractivity contribution in [1.29, 1.82) is 0 Å². The van der Waals surface area contributed by atoms with Crippen LogP contribution in [0.15, 0.2) is 66.9 Å². The predicted octanol–water partition coefficient (Wildman–Crippen LogP) is 7.42. The summed E-state index contributed by atoms with van der Waals surface area (Å²) in [7, 11) is 0. The molecule has 2 N–H and O–H groups in total. The molecule has 0 bridgehead atoms. The lowest BCUT2D eigenvalue weighted by atomic mass is 9.49. The van der Waals surface area contributed by atoms with Gasteiger partial charge in [-0.3, -0.25) is 9.59 Å². The third-order valence-electron chi connectivity index (χ3n) is 8.59. The molecule has 2 aliphatic carbocycles. The molecular formula is C32H27F5N2O3. The normalized spacial score (nSPS) is 21.6. The second kappa shape index (κ2) is 10.3. The fraction of sp³-hybridized carbons (Fsp3) is 0.312. The number of carbonyl (C=O) groups is 2. The first kappa shape index (κ1) is 27.9. The zero-order chi connectivity index (χ0) is 29.8. The van der Waals surface area contributed by atoms with Gasteiger partial charge in [0, 0.05) is 30.6 Å². The molecule has 0 unspecified atom stereocenters. The molecule has 2 saturated carbocycles. The molecule has 3 aromatic carbocycles. The van der Waals surface area contributed by atoms with Gasteiger partial charge in [-0.2, -0.15) is 13.2 Å². The van der Waals surface area contributed by atoms with Crippen LogP contribution in [0.25, 0.3) is 22.0 Å². The van der Waals surface area contributed by atoms with Gasteiger partial charge in [0.2, 0.25) is 0 Å². The van der Waals surface area contributed by atoms with Crippen molar-refractivity contribution in [3.8, 4) is 11.1 Å². The van der Waals surface area contributed by atoms with Gasteiger partial charge in [0.05, 0.1) is 16.6 Å². The summed E-state index contributed by atoms with van der Waals surface area (Å²) in [6, 6.07) is 13.4. The van der Waals surface area contributed by atoms with Crippen LogP contribution in [-0.2, 0) is 17.5 Å². The molecule has 42 heavy (non-hydrogen) atoms. The largest absolute Gasteiger partial charge is 0.481 e. The molecular weight excluding hydrogens is 555 g/mol. The number of alkyl halides is 3. The molecule has 0 radical (unpaired) electrons. The van der Waals surface area contributed by atoms with Crippen LogP contribution >= 0.6 is 0 Å². The summed E-state index contributed by atoms with van der Waals surface area (Å²) in [5.74, 6) is -2.98. The van der Waals surface area contributed by atoms with Crippen LogP contribution in [0.3, 0.4) is 0 Å². The number of nitrogens with zero attached hydrogens (tertiary/aromatic N) is 1. The number of aliphatic carboxylic acids is 1. The second-order valence-corrected chi connectivity index (χ2v) is 11.7. The van der Waals surface area contributed by atoms with E-state index in [1.54, 1.807) is 29.0 Å². The lowest BCUT2D eigenvalue weighted by Gasteiger charge is -2.57. The summed E-state index contributed by atoms with van der Waals surface area (Å²) in [6.45, 7) is 0.212. The lowest BCUT2D eigenvalue weighted by molar-refractivity contribution is -0.142. The summed E-state index contributed by atoms with van der Waals surface area (Å²) in [5.41, 5.74) is 1.71. The number of fused-ring (bicyclic) bond motifs is 1. The molecule has 0 aliphatic heterocycles. The van der Waals surface area contributed by atoms with E-state index in [1.807, 2.05) is 0 Å². The maximum absolute atomic E-state index is 14.1. The van der Waals surface area contributed by atoms with E-state index in [2.05, 4.69) is 5.32 Å². The van der Waals surface area contributed by atoms with E-state index < -0.39 is 29.3 Å². The number of carboxylic acid groups (broad SMARTS) is 1. The van der Waals surface area contributed by atoms with Crippen LogP contribution in [0, 0.1) is 23.0 Å². The van der Waals surface area contributed by atoms with Gasteiger partial charge >= 0.3 is 12.1 Å². The quantitative estimate of drug-likeness (QED) is 0.223. The van der Waals surface area contributed by atoms with Crippen LogP contribution in [0.1, 0.15) is 53.6 Å². The van der Waals surface area contributed by atoms with E-state index in [0.29, 0.717) is 33.2 Å². The highest BCUT2D eigenvalue weighted by Crippen LogP contribution is 2.59. The van der Waals surface area contributed by atoms with Gasteiger partial charge in [0.25, 0.3) is 5.91 Å². The molecule has 2 fully saturated rings. The predicted molar refractivity (Wildman–Crippen MR) is 146 cm³/mol. The highest BCUT2D eigenvalue weighted by atomic mass is 19.4. The first-order valence-corrected chi connectivity index (χ1v) is 13.7. The van der Waals surface area contributed by atoms with E-state index in [4.69, 9.17) is 5.11 Å². The Kier molecular flexibility index (Phi) is 6.82. The number of aromatic nitrogens is 1. The molecule has 10 heteroatoms. The Hall–Kier alpha value is -4.21. The van der Waals surface area contributed by atoms with Gasteiger partial charge in [-0.25, -0.2) is 8.78 Å². The number of amides is 1. The fourth-order valence-electron chi connectivity index (χ4n) is 6.73. The third kappa shape index (κ3) is 5.37. The molecule has 5 nitrogen and oxygen atoms in total. The van der Waals surface area contributed by atoms with Crippen LogP contribution in [0.4, 0.5) is 22.0 Å². The molecule has 4 aromatic rings. The van der Waals surface area contributed by atoms with Gasteiger partial charge in [0.15, 0.2) is 11.6 Å². The standard InChI is InChI=1S/C32H27F5N2O3/c33-26-6-3-20(12-27(26)34)22-10-21-7-8-39(17-18-1-4-23(5-2-18)32(35,36)37)29(21)25(11-22)30(42)38-24-15-31(16-24)13-19(14-31)9-28(40)41/h1-8,10-12,19,24H,9,13-17H2,(H,38,42)(H,40,41). The summed E-state index contributed by atoms with van der Waals surface area (Å²) in [5, 5.41) is 12.8. The van der Waals surface area contributed by atoms with Crippen LogP contribution in [-0.4, -0.2) is 27.6 Å². The number of hydrogen-bond donors (Lipinski definition) is 2. The fourth-order valence-corrected chi connectivity index (χ4v) is 6.73. The monoisotopic (exact) mass is 582 g/mol. The first-order valence-electron chi connectivity index (χ1n) is 13.7. The first-order chi connectivity index (χ1) is 19.9. The van der Waals surface area contributed by atoms with E-state index in [9.17, 15) is 31.5 Å². The minimum atomic E-state index is -4.45. The molecule has 1 amide bonds. The Morgan fingerprint density at radius 2 is 1.62 bits per heavy atom. The highest BCUT2D eigenvalue weighted by molar-refractivity contribution is 6.08. The van der Waals surface area contributed by atoms with Crippen molar-refractivity contribution in [2.45, 2.75) is 50.9 Å². The van der Waals surface area contributed by atoms with Crippen molar-refractivity contribution >= 4 is 22.8 Å². The molecule has 0 saturated heterocycles. The number of halogens is 5. The van der Waals surface area contributed by atoms with Crippen molar-refractivity contribution in [3.05, 3.63) is 95.2 Å². The average Bonchev–Trinajstić information content (AvgIpc) is 3.29. The number of nitrogens with one attached hydrogen (secondary N) is 1. The summed E-state index contributed by atoms with van der Waals surface area (Å²) in [4.78, 5) is 24.7. The number of benzene rings is 3. The Labute approximate surface area is 238 Å². The maximum Gasteiger partial charge on any atom is 0.416 e. The molecule has 218 valence electrons. The SMILES string of the molecule is O=C(O)CC1CC2(C1)CC(NC(=O)c1cc(-c3ccc(F)c(F)c3)cc3ccn(Cc4ccc(C(F)(F)F)cc4)c13)C2. The topological polar surface area (TPSA) is 71.3 Å². The molecule has 6 rings (SSSR count). The maximum atomic E-state index is 14.1. The average molecular weight is 583 g/mol. The summed E-state index contributed by atoms with van der Waals surface area (Å²) in [6.07, 6.45) is 0.625. The second-order valence-electron chi connectivity index (χ2n) is 11.7. The Morgan fingerprint density at radius 3 is 2.26 bits per heavy atom. The van der Waals surface area contributed by atoms with Crippen molar-refractivity contribution in [1.82, 2.24) is 9.88 Å². The van der Waals surface area contributed by atoms with Crippen molar-refractivity contribution in [3.63, 3.8) is 0 Å². The van der Waals surface area contributed by atoms with Gasteiger partial charge in [-0.15, -0.1) is 0 Å². The van der Waals surface area contributed by atoms with Crippen LogP contribution < -0.4 is 5.32 Å². The number of hydrogen-bond acceptors (Lipinski definition) is 2. The van der Waals surface area contributed by atoms with Crippen molar-refractivity contribution in [2.24, 2.45) is 11.3 Å². The Balaban J connectivity index is 1.29. The molecule has 1 aromatic heterocycles. The van der Waals surface area contributed by atoms with Crippen LogP contribution in [0.5, 0.6) is 0 Å². The minimum absolute atomic E-state index is 0.0731. The number of carbonyl (C=O) groups excluding carboxylic acids is 1. The highest BCUT2D eigenvalue weighted by Gasteiger charge is 2.53. The minimum Gasteiger partial charge on any atom is -0.481 e. The molecule has 1 heterocycles. The Morgan fingerprint density at radius 1 is 0.905 bits per heavy atom. The van der Waals surface area contributed by atoms with Gasteiger partial charge in [-0.05, 0) is 96.2 Å². The van der Waals surface area contributed by atoms with Gasteiger partial charge in [-0.1, -0.05) is 18.2 Å². The third-order valence-corrected chi connectivity index (χ3v) is 8.59. The van der Waals surface area contributed by atoms with E-state index in [-0.39, 0.29) is 36.2 Å². The number of rotatable bonds is 7. The van der Waals surface area contributed by atoms with E-state index in [1.165, 1.54) is 18.2 Å². The number of carboxylic acids is 1. The van der Waals surface area contributed by atoms with Gasteiger partial charge in [0.1, 0.15) is 0 Å². The zero-order valence-corrected chi connectivity index (χ0v) is 22.3. The summed E-state index contributed by atoms with van der Waals surface area (Å²) < 4.78 is 68.6. The lowest BCUT2D eigenvalue weighted by Crippen LogP contribution is -2.56.